The van der Waals surface area contributed by atoms with Crippen molar-refractivity contribution in [3.05, 3.63) is 252 Å². The summed E-state index contributed by atoms with van der Waals surface area (Å²) in [7, 11) is 2.06. The zero-order valence-corrected chi connectivity index (χ0v) is 49.5. The first-order valence-corrected chi connectivity index (χ1v) is 26.3. The molecule has 0 aliphatic rings. The minimum atomic E-state index is -5.02. The maximum atomic E-state index is 12.0. The van der Waals surface area contributed by atoms with Crippen molar-refractivity contribution in [2.75, 3.05) is 0 Å². The van der Waals surface area contributed by atoms with E-state index in [0.717, 1.165) is 43.1 Å². The molecule has 0 amide bonds. The Morgan fingerprint density at radius 2 is 0.719 bits per heavy atom. The van der Waals surface area contributed by atoms with Crippen molar-refractivity contribution < 1.29 is 137 Å². The molecule has 0 spiro atoms. The fourth-order valence-corrected chi connectivity index (χ4v) is 7.86. The van der Waals surface area contributed by atoms with E-state index < -0.39 is 70.9 Å². The Bertz CT molecular complexity index is 3750. The van der Waals surface area contributed by atoms with Gasteiger partial charge in [-0.2, -0.15) is 52.7 Å². The number of benzene rings is 8. The number of alkyl halides is 12. The molecule has 89 heavy (non-hydrogen) atoms. The van der Waals surface area contributed by atoms with Gasteiger partial charge in [0.15, 0.2) is 17.3 Å². The van der Waals surface area contributed by atoms with Gasteiger partial charge < -0.3 is 20.4 Å². The van der Waals surface area contributed by atoms with Crippen LogP contribution in [0, 0.1) is 40.4 Å². The van der Waals surface area contributed by atoms with Crippen LogP contribution in [0.2, 0.25) is 0 Å². The number of allylic oxidation sites excluding steroid dienone is 7. The van der Waals surface area contributed by atoms with Crippen LogP contribution < -0.4 is 25.0 Å². The molecule has 9 rings (SSSR count). The van der Waals surface area contributed by atoms with Crippen LogP contribution in [0.5, 0.6) is 0 Å². The van der Waals surface area contributed by atoms with Gasteiger partial charge in [-0.3, -0.25) is 19.2 Å². The predicted molar refractivity (Wildman–Crippen MR) is 300 cm³/mol. The number of aromatic nitrogens is 2. The summed E-state index contributed by atoms with van der Waals surface area (Å²) >= 11 is 0. The molecule has 10 nitrogen and oxygen atoms in total. The second-order valence-corrected chi connectivity index (χ2v) is 19.1. The van der Waals surface area contributed by atoms with Crippen molar-refractivity contribution >= 4 is 72.0 Å². The molecule has 1 aromatic heterocycles. The van der Waals surface area contributed by atoms with E-state index in [4.69, 9.17) is 0 Å². The molecule has 9 aromatic rings. The molecule has 0 atom stereocenters. The maximum Gasteiger partial charge on any atom is 3.00 e. The SMILES string of the molecule is CCCCCCn1cc[n+](C)c1.O=C(/C=C(\[O-])C(F)(F)F)c1ccc2ccccc2c1.O=C(/C=C(\[O-])C(F)(F)F)c1ccc2ccccc2c1.O=C(/C=C(\[O-])C(F)(F)F)c1ccc2ccccc2c1.O=C(/C=C(\[O-])c1ccc2ccccc2c1)C(F)(F)F.[Sm+3]. The Hall–Kier alpha value is -8.65. The van der Waals surface area contributed by atoms with Crippen molar-refractivity contribution in [3.63, 3.8) is 0 Å². The first-order chi connectivity index (χ1) is 41.3. The summed E-state index contributed by atoms with van der Waals surface area (Å²) in [6, 6.07) is 46.3. The normalized spacial score (nSPS) is 12.2. The first-order valence-electron chi connectivity index (χ1n) is 26.3. The van der Waals surface area contributed by atoms with Crippen molar-refractivity contribution in [3.8, 4) is 0 Å². The van der Waals surface area contributed by atoms with Gasteiger partial charge in [0.2, 0.25) is 6.33 Å². The Labute approximate surface area is 533 Å². The van der Waals surface area contributed by atoms with Gasteiger partial charge in [-0.25, -0.2) is 9.13 Å². The zero-order chi connectivity index (χ0) is 65.0. The molecule has 0 aliphatic carbocycles. The number of carbonyl (C=O) groups is 4. The van der Waals surface area contributed by atoms with Crippen LogP contribution in [0.1, 0.15) is 69.2 Å². The topological polar surface area (TPSA) is 169 Å². The van der Waals surface area contributed by atoms with E-state index in [9.17, 15) is 92.3 Å². The molecule has 23 heteroatoms. The number of hydrogen-bond acceptors (Lipinski definition) is 8. The van der Waals surface area contributed by atoms with E-state index in [2.05, 4.69) is 41.8 Å². The van der Waals surface area contributed by atoms with Crippen LogP contribution in [0.3, 0.4) is 0 Å². The Morgan fingerprint density at radius 3 is 1.00 bits per heavy atom. The van der Waals surface area contributed by atoms with Gasteiger partial charge in [-0.05, 0) is 127 Å². The Kier molecular flexibility index (Phi) is 27.1. The summed E-state index contributed by atoms with van der Waals surface area (Å²) in [5.74, 6) is -12.4. The smallest absolute Gasteiger partial charge is 0.872 e. The van der Waals surface area contributed by atoms with Crippen LogP contribution in [0.4, 0.5) is 52.7 Å². The molecule has 0 saturated carbocycles. The number of hydrogen-bond donors (Lipinski definition) is 0. The van der Waals surface area contributed by atoms with Crippen LogP contribution in [0.15, 0.2) is 230 Å². The van der Waals surface area contributed by atoms with Gasteiger partial charge in [0.05, 0.1) is 13.6 Å². The number of halogens is 12. The summed E-state index contributed by atoms with van der Waals surface area (Å²) in [5, 5.41) is 50.0. The molecule has 0 fully saturated rings. The molecule has 463 valence electrons. The summed E-state index contributed by atoms with van der Waals surface area (Å²) < 4.78 is 149. The molecule has 0 unspecified atom stereocenters. The number of aryl methyl sites for hydroxylation is 2. The van der Waals surface area contributed by atoms with Crippen LogP contribution in [0.25, 0.3) is 48.8 Å². The quantitative estimate of drug-likeness (QED) is 0.0274. The van der Waals surface area contributed by atoms with E-state index in [1.54, 1.807) is 72.8 Å². The van der Waals surface area contributed by atoms with Crippen LogP contribution in [-0.2, 0) is 18.4 Å². The van der Waals surface area contributed by atoms with E-state index >= 15 is 0 Å². The average molecular weight is 1380 g/mol. The van der Waals surface area contributed by atoms with E-state index in [1.165, 1.54) is 80.8 Å². The van der Waals surface area contributed by atoms with Crippen molar-refractivity contribution in [1.29, 1.82) is 0 Å². The second kappa shape index (κ2) is 33.1. The van der Waals surface area contributed by atoms with Gasteiger partial charge in [0.1, 0.15) is 12.4 Å². The van der Waals surface area contributed by atoms with E-state index in [-0.39, 0.29) is 86.9 Å². The fraction of sp³-hybridized carbons (Fsp3) is 0.167. The monoisotopic (exact) mass is 1380 g/mol. The standard InChI is InChI=1S/4C14H9F3O2.C10H19N2.Sm/c4*15-14(16,17)13(19)8-12(18)11-6-5-9-3-1-2-4-10(9)7-11;1-3-4-5-6-7-12-9-8-11(2)10-12;/h3*1-8,19H;1-8,18H;8-10H,3-7H2,1-2H3;/q;;;;+1;+3/p-4/b3*13-8-;12-8-;;. The molecule has 0 aliphatic heterocycles. The third-order valence-electron chi connectivity index (χ3n) is 12.4. The van der Waals surface area contributed by atoms with Crippen LogP contribution >= 0.6 is 0 Å². The van der Waals surface area contributed by atoms with Gasteiger partial charge in [-0.15, -0.1) is 0 Å². The molecule has 1 radical (unpaired) electrons. The molecular weight excluding hydrogens is 1330 g/mol. The Balaban J connectivity index is 0.000000239. The van der Waals surface area contributed by atoms with Gasteiger partial charge in [0, 0.05) is 16.7 Å². The molecule has 0 N–H and O–H groups in total. The van der Waals surface area contributed by atoms with Crippen molar-refractivity contribution in [2.45, 2.75) is 63.9 Å². The summed E-state index contributed by atoms with van der Waals surface area (Å²) in [6.45, 7) is 3.41. The van der Waals surface area contributed by atoms with Gasteiger partial charge >= 0.3 is 65.1 Å². The second-order valence-electron chi connectivity index (χ2n) is 19.1. The largest absolute Gasteiger partial charge is 3.00 e. The molecule has 1 heterocycles. The number of rotatable bonds is 13. The number of ketones is 4. The number of carbonyl (C=O) groups excluding carboxylic acids is 4. The number of nitrogens with zero attached hydrogens (tertiary/aromatic N) is 2. The summed E-state index contributed by atoms with van der Waals surface area (Å²) in [6.07, 6.45) is -8.09. The third-order valence-corrected chi connectivity index (χ3v) is 12.4. The predicted octanol–water partition coefficient (Wildman–Crippen LogP) is 13.1. The average Bonchev–Trinajstić information content (AvgIpc) is 2.02. The number of imidazole rings is 1. The van der Waals surface area contributed by atoms with Crippen molar-refractivity contribution in [1.82, 2.24) is 4.57 Å². The summed E-state index contributed by atoms with van der Waals surface area (Å²) in [5.41, 5.74) is 0.209. The molecular formula is C66H51F12N2O8Sm. The van der Waals surface area contributed by atoms with Gasteiger partial charge in [-0.1, -0.05) is 171 Å². The van der Waals surface area contributed by atoms with Crippen LogP contribution in [-0.4, -0.2) is 52.4 Å². The zero-order valence-electron chi connectivity index (χ0n) is 46.8. The van der Waals surface area contributed by atoms with E-state index in [0.29, 0.717) is 0 Å². The molecule has 8 aromatic carbocycles. The van der Waals surface area contributed by atoms with E-state index in [1.807, 2.05) is 48.5 Å². The van der Waals surface area contributed by atoms with Crippen molar-refractivity contribution in [2.24, 2.45) is 7.05 Å². The fourth-order valence-electron chi connectivity index (χ4n) is 7.86. The number of fused-ring (bicyclic) bond motifs is 4. The Morgan fingerprint density at radius 1 is 0.416 bits per heavy atom. The first kappa shape index (κ1) is 72.8. The third kappa shape index (κ3) is 23.4. The maximum absolute atomic E-state index is 12.0. The summed E-state index contributed by atoms with van der Waals surface area (Å²) in [4.78, 5) is 45.4. The number of unbranched alkanes of at least 4 members (excludes halogenated alkanes) is 3. The minimum absolute atomic E-state index is 0. The minimum Gasteiger partial charge on any atom is -0.872 e. The molecule has 0 saturated heterocycles. The van der Waals surface area contributed by atoms with Gasteiger partial charge in [0.25, 0.3) is 5.78 Å². The molecule has 0 bridgehead atoms.